The topological polar surface area (TPSA) is 46.2 Å². The molecule has 0 aromatic carbocycles. The van der Waals surface area contributed by atoms with Crippen molar-refractivity contribution in [3.05, 3.63) is 0 Å². The summed E-state index contributed by atoms with van der Waals surface area (Å²) < 4.78 is 0.328. The molecule has 1 saturated carbocycles. The Balaban J connectivity index is 2.31. The van der Waals surface area contributed by atoms with Crippen LogP contribution in [-0.4, -0.2) is 34.5 Å². The van der Waals surface area contributed by atoms with Gasteiger partial charge >= 0.3 is 0 Å². The zero-order valence-corrected chi connectivity index (χ0v) is 7.22. The van der Waals surface area contributed by atoms with Crippen LogP contribution in [0.2, 0.25) is 4.28 Å². The molecule has 46 valence electrons. The Hall–Kier alpha value is 0.452. The van der Waals surface area contributed by atoms with Gasteiger partial charge in [0.05, 0.1) is 0 Å². The Morgan fingerprint density at radius 3 is 2.62 bits per heavy atom. The standard InChI is InChI=1S/C5H10NO.Al.2H/c6-2-4-1-5(4)3-7;;;/h4,7H,1-3,6H2;;;. The lowest BCUT2D eigenvalue weighted by atomic mass is 10.3. The van der Waals surface area contributed by atoms with E-state index in [0.717, 1.165) is 22.8 Å². The molecule has 0 saturated heterocycles. The largest absolute Gasteiger partial charge is 0.397 e. The molecule has 0 radical (unpaired) electrons. The Morgan fingerprint density at radius 1 is 1.88 bits per heavy atom. The average molecular weight is 129 g/mol. The molecular formula is C5H12AlNO. The minimum atomic E-state index is 0.328. The molecule has 0 bridgehead atoms. The van der Waals surface area contributed by atoms with Crippen molar-refractivity contribution in [3.8, 4) is 0 Å². The van der Waals surface area contributed by atoms with E-state index in [0.29, 0.717) is 16.8 Å². The zero-order chi connectivity index (χ0) is 6.20. The van der Waals surface area contributed by atoms with Crippen LogP contribution >= 0.6 is 0 Å². The minimum Gasteiger partial charge on any atom is -0.397 e. The third kappa shape index (κ3) is 0.918. The van der Waals surface area contributed by atoms with Gasteiger partial charge in [-0.25, -0.2) is 0 Å². The molecule has 0 aromatic heterocycles. The summed E-state index contributed by atoms with van der Waals surface area (Å²) in [6.07, 6.45) is 1.17. The lowest BCUT2D eigenvalue weighted by Gasteiger charge is -2.02. The van der Waals surface area contributed by atoms with Gasteiger partial charge in [0.1, 0.15) is 0 Å². The molecule has 0 spiro atoms. The van der Waals surface area contributed by atoms with Crippen molar-refractivity contribution in [1.29, 1.82) is 0 Å². The summed E-state index contributed by atoms with van der Waals surface area (Å²) in [5.74, 6) is 0.652. The van der Waals surface area contributed by atoms with E-state index in [2.05, 4.69) is 0 Å². The average Bonchev–Trinajstić information content (AvgIpc) is 2.44. The van der Waals surface area contributed by atoms with Crippen LogP contribution in [0.15, 0.2) is 0 Å². The highest BCUT2D eigenvalue weighted by Gasteiger charge is 2.47. The molecular weight excluding hydrogens is 117 g/mol. The molecule has 0 aliphatic heterocycles. The normalized spacial score (nSPS) is 44.5. The maximum absolute atomic E-state index is 8.75. The Morgan fingerprint density at radius 2 is 2.50 bits per heavy atom. The molecule has 0 aromatic rings. The Kier molecular flexibility index (Phi) is 1.64. The molecule has 0 amide bonds. The monoisotopic (exact) mass is 129 g/mol. The quantitative estimate of drug-likeness (QED) is 0.457. The van der Waals surface area contributed by atoms with E-state index >= 15 is 0 Å². The molecule has 1 rings (SSSR count). The smallest absolute Gasteiger partial charge is 0.225 e. The van der Waals surface area contributed by atoms with Crippen LogP contribution in [0, 0.1) is 5.92 Å². The lowest BCUT2D eigenvalue weighted by Crippen LogP contribution is -2.09. The van der Waals surface area contributed by atoms with Gasteiger partial charge < -0.3 is 10.8 Å². The molecule has 2 atom stereocenters. The highest BCUT2D eigenvalue weighted by Crippen LogP contribution is 2.55. The molecule has 1 fully saturated rings. The van der Waals surface area contributed by atoms with Gasteiger partial charge in [0.2, 0.25) is 16.3 Å². The SMILES string of the molecule is NCC1C[C]1([AlH2])CO. The van der Waals surface area contributed by atoms with Gasteiger partial charge in [-0.2, -0.15) is 0 Å². The zero-order valence-electron chi connectivity index (χ0n) is 5.22. The van der Waals surface area contributed by atoms with Crippen molar-refractivity contribution in [1.82, 2.24) is 0 Å². The minimum absolute atomic E-state index is 0.328. The number of aliphatic hydroxyl groups is 1. The van der Waals surface area contributed by atoms with E-state index in [4.69, 9.17) is 10.8 Å². The van der Waals surface area contributed by atoms with Gasteiger partial charge in [0.15, 0.2) is 0 Å². The van der Waals surface area contributed by atoms with E-state index in [1.54, 1.807) is 0 Å². The van der Waals surface area contributed by atoms with Gasteiger partial charge in [-0.05, 0) is 12.5 Å². The van der Waals surface area contributed by atoms with Crippen molar-refractivity contribution < 1.29 is 5.11 Å². The number of hydrogen-bond donors (Lipinski definition) is 2. The molecule has 2 unspecified atom stereocenters. The molecule has 8 heavy (non-hydrogen) atoms. The molecule has 3 N–H and O–H groups in total. The number of nitrogens with two attached hydrogens (primary N) is 1. The summed E-state index contributed by atoms with van der Waals surface area (Å²) in [4.78, 5) is 0. The van der Waals surface area contributed by atoms with Crippen LogP contribution in [0.4, 0.5) is 0 Å². The van der Waals surface area contributed by atoms with Crippen LogP contribution in [0.3, 0.4) is 0 Å². The van der Waals surface area contributed by atoms with Crippen LogP contribution in [0.25, 0.3) is 0 Å². The van der Waals surface area contributed by atoms with E-state index in [9.17, 15) is 0 Å². The fourth-order valence-electron chi connectivity index (χ4n) is 1.07. The summed E-state index contributed by atoms with van der Waals surface area (Å²) >= 11 is 1.10. The van der Waals surface area contributed by atoms with Crippen molar-refractivity contribution in [2.24, 2.45) is 11.7 Å². The maximum atomic E-state index is 8.75. The third-order valence-electron chi connectivity index (χ3n) is 2.18. The van der Waals surface area contributed by atoms with Gasteiger partial charge in [-0.1, -0.05) is 10.7 Å². The van der Waals surface area contributed by atoms with E-state index in [1.807, 2.05) is 0 Å². The second-order valence-electron chi connectivity index (χ2n) is 2.95. The maximum Gasteiger partial charge on any atom is 0.225 e. The van der Waals surface area contributed by atoms with Crippen LogP contribution < -0.4 is 5.73 Å². The molecule has 0 heterocycles. The predicted molar refractivity (Wildman–Crippen MR) is 35.5 cm³/mol. The first kappa shape index (κ1) is 6.57. The summed E-state index contributed by atoms with van der Waals surface area (Å²) in [5, 5.41) is 8.75. The lowest BCUT2D eigenvalue weighted by molar-refractivity contribution is 0.276. The molecule has 3 heteroatoms. The first-order chi connectivity index (χ1) is 3.73. The second-order valence-corrected chi connectivity index (χ2v) is 4.94. The fourth-order valence-corrected chi connectivity index (χ4v) is 1.79. The molecule has 1 aliphatic rings. The van der Waals surface area contributed by atoms with Crippen LogP contribution in [-0.2, 0) is 0 Å². The number of rotatable bonds is 2. The Labute approximate surface area is 57.5 Å². The molecule has 1 aliphatic carbocycles. The summed E-state index contributed by atoms with van der Waals surface area (Å²) in [6.45, 7) is 1.13. The summed E-state index contributed by atoms with van der Waals surface area (Å²) in [6, 6.07) is 0. The van der Waals surface area contributed by atoms with Crippen LogP contribution in [0.5, 0.6) is 0 Å². The van der Waals surface area contributed by atoms with Crippen molar-refractivity contribution in [3.63, 3.8) is 0 Å². The predicted octanol–water partition coefficient (Wildman–Crippen LogP) is -1.25. The third-order valence-corrected chi connectivity index (χ3v) is 3.72. The first-order valence-corrected chi connectivity index (χ1v) is 4.04. The van der Waals surface area contributed by atoms with E-state index in [1.165, 1.54) is 6.42 Å². The van der Waals surface area contributed by atoms with Gasteiger partial charge in [-0.15, -0.1) is 0 Å². The van der Waals surface area contributed by atoms with Crippen molar-refractivity contribution in [2.75, 3.05) is 13.2 Å². The van der Waals surface area contributed by atoms with Gasteiger partial charge in [0, 0.05) is 6.61 Å². The van der Waals surface area contributed by atoms with E-state index in [-0.39, 0.29) is 0 Å². The van der Waals surface area contributed by atoms with Gasteiger partial charge in [-0.3, -0.25) is 0 Å². The van der Waals surface area contributed by atoms with Crippen molar-refractivity contribution in [2.45, 2.75) is 10.7 Å². The van der Waals surface area contributed by atoms with E-state index < -0.39 is 0 Å². The highest BCUT2D eigenvalue weighted by atomic mass is 27.0. The second kappa shape index (κ2) is 2.00. The number of aliphatic hydroxyl groups excluding tert-OH is 1. The van der Waals surface area contributed by atoms with Gasteiger partial charge in [0.25, 0.3) is 0 Å². The van der Waals surface area contributed by atoms with Crippen molar-refractivity contribution >= 4 is 16.3 Å². The Bertz CT molecular complexity index is 98.4. The van der Waals surface area contributed by atoms with Crippen LogP contribution in [0.1, 0.15) is 6.42 Å². The highest BCUT2D eigenvalue weighted by molar-refractivity contribution is 6.17. The number of hydrogen-bond acceptors (Lipinski definition) is 2. The molecule has 2 nitrogen and oxygen atoms in total. The summed E-state index contributed by atoms with van der Waals surface area (Å²) in [7, 11) is 0. The summed E-state index contributed by atoms with van der Waals surface area (Å²) in [5.41, 5.74) is 5.40. The first-order valence-electron chi connectivity index (χ1n) is 3.04. The fraction of sp³-hybridized carbons (Fsp3) is 1.00.